The molecule has 0 radical (unpaired) electrons. The zero-order valence-electron chi connectivity index (χ0n) is 14.7. The van der Waals surface area contributed by atoms with Gasteiger partial charge < -0.3 is 19.9 Å². The Kier molecular flexibility index (Phi) is 7.49. The third-order valence-electron chi connectivity index (χ3n) is 3.81. The van der Waals surface area contributed by atoms with E-state index in [1.807, 2.05) is 36.4 Å². The van der Waals surface area contributed by atoms with Gasteiger partial charge in [0.15, 0.2) is 0 Å². The average Bonchev–Trinajstić information content (AvgIpc) is 2.66. The number of carboxylic acids is 1. The summed E-state index contributed by atoms with van der Waals surface area (Å²) in [5.41, 5.74) is 1.99. The second-order valence-electron chi connectivity index (χ2n) is 5.73. The maximum absolute atomic E-state index is 11.7. The highest BCUT2D eigenvalue weighted by atomic mass is 16.5. The molecule has 0 saturated carbocycles. The molecule has 2 aromatic carbocycles. The van der Waals surface area contributed by atoms with Gasteiger partial charge in [0, 0.05) is 31.0 Å². The van der Waals surface area contributed by atoms with Crippen molar-refractivity contribution in [1.29, 1.82) is 0 Å². The number of ether oxygens (including phenoxy) is 2. The van der Waals surface area contributed by atoms with Gasteiger partial charge in [-0.3, -0.25) is 9.59 Å². The van der Waals surface area contributed by atoms with Gasteiger partial charge in [-0.1, -0.05) is 30.3 Å². The Labute approximate surface area is 152 Å². The first-order valence-corrected chi connectivity index (χ1v) is 8.40. The highest BCUT2D eigenvalue weighted by Gasteiger charge is 2.09. The molecule has 2 aromatic rings. The average molecular weight is 357 g/mol. The van der Waals surface area contributed by atoms with Crippen molar-refractivity contribution in [2.45, 2.75) is 25.8 Å². The van der Waals surface area contributed by atoms with E-state index >= 15 is 0 Å². The monoisotopic (exact) mass is 357 g/mol. The highest BCUT2D eigenvalue weighted by molar-refractivity contribution is 5.80. The normalized spacial score (nSPS) is 10.2. The molecule has 0 heterocycles. The minimum absolute atomic E-state index is 0.0459. The summed E-state index contributed by atoms with van der Waals surface area (Å²) in [6, 6.07) is 15.4. The smallest absolute Gasteiger partial charge is 0.303 e. The van der Waals surface area contributed by atoms with Crippen LogP contribution < -0.4 is 14.8 Å². The van der Waals surface area contributed by atoms with Gasteiger partial charge in [-0.05, 0) is 17.7 Å². The predicted molar refractivity (Wildman–Crippen MR) is 97.4 cm³/mol. The molecule has 0 spiro atoms. The first-order valence-electron chi connectivity index (χ1n) is 8.40. The van der Waals surface area contributed by atoms with E-state index in [4.69, 9.17) is 14.6 Å². The Morgan fingerprint density at radius 2 is 1.85 bits per heavy atom. The van der Waals surface area contributed by atoms with Crippen LogP contribution in [0, 0.1) is 0 Å². The fourth-order valence-corrected chi connectivity index (χ4v) is 2.37. The number of rotatable bonds is 10. The molecule has 0 aliphatic carbocycles. The molecule has 26 heavy (non-hydrogen) atoms. The van der Waals surface area contributed by atoms with Crippen molar-refractivity contribution in [1.82, 2.24) is 5.32 Å². The summed E-state index contributed by atoms with van der Waals surface area (Å²) in [6.45, 7) is 0.764. The Morgan fingerprint density at radius 3 is 2.54 bits per heavy atom. The number of carbonyl (C=O) groups is 2. The summed E-state index contributed by atoms with van der Waals surface area (Å²) in [5, 5.41) is 11.3. The molecule has 0 unspecified atom stereocenters. The van der Waals surface area contributed by atoms with Gasteiger partial charge in [-0.2, -0.15) is 0 Å². The SMILES string of the molecule is COc1ccc(CNC(=O)CCC(=O)O)c(OCCc2ccccc2)c1. The lowest BCUT2D eigenvalue weighted by Crippen LogP contribution is -2.23. The van der Waals surface area contributed by atoms with Gasteiger partial charge in [-0.15, -0.1) is 0 Å². The van der Waals surface area contributed by atoms with Crippen LogP contribution in [0.15, 0.2) is 48.5 Å². The molecule has 0 bridgehead atoms. The van der Waals surface area contributed by atoms with Crippen molar-refractivity contribution in [3.63, 3.8) is 0 Å². The number of hydrogen-bond donors (Lipinski definition) is 2. The Balaban J connectivity index is 1.94. The van der Waals surface area contributed by atoms with Crippen LogP contribution in [0.1, 0.15) is 24.0 Å². The molecule has 6 nitrogen and oxygen atoms in total. The van der Waals surface area contributed by atoms with Gasteiger partial charge >= 0.3 is 5.97 Å². The number of nitrogens with one attached hydrogen (secondary N) is 1. The molecule has 2 N–H and O–H groups in total. The number of aliphatic carboxylic acids is 1. The zero-order valence-corrected chi connectivity index (χ0v) is 14.7. The number of amides is 1. The number of carboxylic acid groups (broad SMARTS) is 1. The summed E-state index contributed by atoms with van der Waals surface area (Å²) in [7, 11) is 1.58. The number of methoxy groups -OCH3 is 1. The van der Waals surface area contributed by atoms with Crippen molar-refractivity contribution in [3.05, 3.63) is 59.7 Å². The first kappa shape index (κ1) is 19.3. The quantitative estimate of drug-likeness (QED) is 0.683. The van der Waals surface area contributed by atoms with E-state index < -0.39 is 5.97 Å². The predicted octanol–water partition coefficient (Wildman–Crippen LogP) is 2.80. The van der Waals surface area contributed by atoms with Crippen LogP contribution in [0.2, 0.25) is 0 Å². The van der Waals surface area contributed by atoms with Crippen LogP contribution >= 0.6 is 0 Å². The van der Waals surface area contributed by atoms with E-state index in [1.54, 1.807) is 19.2 Å². The Morgan fingerprint density at radius 1 is 1.08 bits per heavy atom. The van der Waals surface area contributed by atoms with E-state index in [1.165, 1.54) is 5.56 Å². The third-order valence-corrected chi connectivity index (χ3v) is 3.81. The lowest BCUT2D eigenvalue weighted by Gasteiger charge is -2.14. The van der Waals surface area contributed by atoms with Gasteiger partial charge in [0.1, 0.15) is 11.5 Å². The van der Waals surface area contributed by atoms with Gasteiger partial charge in [0.25, 0.3) is 0 Å². The second kappa shape index (κ2) is 10.1. The van der Waals surface area contributed by atoms with Gasteiger partial charge in [-0.25, -0.2) is 0 Å². The minimum atomic E-state index is -0.991. The molecule has 0 atom stereocenters. The third kappa shape index (κ3) is 6.47. The molecule has 6 heteroatoms. The van der Waals surface area contributed by atoms with Crippen LogP contribution in [-0.4, -0.2) is 30.7 Å². The molecular weight excluding hydrogens is 334 g/mol. The van der Waals surface area contributed by atoms with Crippen LogP contribution in [0.5, 0.6) is 11.5 Å². The largest absolute Gasteiger partial charge is 0.497 e. The van der Waals surface area contributed by atoms with Crippen molar-refractivity contribution in [3.8, 4) is 11.5 Å². The maximum atomic E-state index is 11.7. The van der Waals surface area contributed by atoms with E-state index in [0.717, 1.165) is 12.0 Å². The maximum Gasteiger partial charge on any atom is 0.303 e. The van der Waals surface area contributed by atoms with Crippen LogP contribution in [-0.2, 0) is 22.6 Å². The summed E-state index contributed by atoms with van der Waals surface area (Å²) < 4.78 is 11.1. The summed E-state index contributed by atoms with van der Waals surface area (Å²) in [6.07, 6.45) is 0.535. The van der Waals surface area contributed by atoms with E-state index in [-0.39, 0.29) is 25.3 Å². The summed E-state index contributed by atoms with van der Waals surface area (Å²) in [4.78, 5) is 22.2. The minimum Gasteiger partial charge on any atom is -0.497 e. The topological polar surface area (TPSA) is 84.9 Å². The molecule has 1 amide bonds. The molecule has 0 saturated heterocycles. The fraction of sp³-hybridized carbons (Fsp3) is 0.300. The van der Waals surface area contributed by atoms with Gasteiger partial charge in [0.2, 0.25) is 5.91 Å². The number of hydrogen-bond acceptors (Lipinski definition) is 4. The van der Waals surface area contributed by atoms with Crippen molar-refractivity contribution >= 4 is 11.9 Å². The molecule has 0 aliphatic rings. The van der Waals surface area contributed by atoms with E-state index in [9.17, 15) is 9.59 Å². The van der Waals surface area contributed by atoms with Crippen molar-refractivity contribution < 1.29 is 24.2 Å². The molecule has 138 valence electrons. The number of carbonyl (C=O) groups excluding carboxylic acids is 1. The Bertz CT molecular complexity index is 730. The van der Waals surface area contributed by atoms with Gasteiger partial charge in [0.05, 0.1) is 20.1 Å². The summed E-state index contributed by atoms with van der Waals surface area (Å²) in [5.74, 6) is 0.00691. The highest BCUT2D eigenvalue weighted by Crippen LogP contribution is 2.25. The molecule has 2 rings (SSSR count). The van der Waals surface area contributed by atoms with Crippen LogP contribution in [0.4, 0.5) is 0 Å². The lowest BCUT2D eigenvalue weighted by molar-refractivity contribution is -0.138. The first-order chi connectivity index (χ1) is 12.6. The number of benzene rings is 2. The lowest BCUT2D eigenvalue weighted by atomic mass is 10.1. The molecule has 0 fully saturated rings. The van der Waals surface area contributed by atoms with Crippen molar-refractivity contribution in [2.75, 3.05) is 13.7 Å². The Hall–Kier alpha value is -3.02. The molecular formula is C20H23NO5. The van der Waals surface area contributed by atoms with Crippen LogP contribution in [0.3, 0.4) is 0 Å². The molecule has 0 aromatic heterocycles. The van der Waals surface area contributed by atoms with Crippen LogP contribution in [0.25, 0.3) is 0 Å². The summed E-state index contributed by atoms with van der Waals surface area (Å²) >= 11 is 0. The van der Waals surface area contributed by atoms with E-state index in [2.05, 4.69) is 5.32 Å². The standard InChI is InChI=1S/C20H23NO5/c1-25-17-8-7-16(14-21-19(22)9-10-20(23)24)18(13-17)26-12-11-15-5-3-2-4-6-15/h2-8,13H,9-12,14H2,1H3,(H,21,22)(H,23,24). The fourth-order valence-electron chi connectivity index (χ4n) is 2.37. The second-order valence-corrected chi connectivity index (χ2v) is 5.73. The molecule has 0 aliphatic heterocycles. The zero-order chi connectivity index (χ0) is 18.8. The van der Waals surface area contributed by atoms with Crippen molar-refractivity contribution in [2.24, 2.45) is 0 Å². The van der Waals surface area contributed by atoms with E-state index in [0.29, 0.717) is 18.1 Å².